The lowest BCUT2D eigenvalue weighted by molar-refractivity contribution is -0.142. The Balaban J connectivity index is 2.51. The largest absolute Gasteiger partial charge is 0.466 e. The maximum atomic E-state index is 11.9. The Morgan fingerprint density at radius 1 is 1.47 bits per heavy atom. The first-order chi connectivity index (χ1) is 9.02. The number of hydrogen-bond donors (Lipinski definition) is 0. The zero-order chi connectivity index (χ0) is 14.0. The van der Waals surface area contributed by atoms with Gasteiger partial charge in [0.2, 0.25) is 0 Å². The van der Waals surface area contributed by atoms with Crippen LogP contribution >= 0.6 is 15.9 Å². The molecule has 2 rings (SSSR count). The number of fused-ring (bicyclic) bond motifs is 1. The molecule has 1 heterocycles. The van der Waals surface area contributed by atoms with E-state index < -0.39 is 10.8 Å². The Kier molecular flexibility index (Phi) is 4.42. The van der Waals surface area contributed by atoms with Crippen molar-refractivity contribution in [3.05, 3.63) is 28.4 Å². The molecule has 0 spiro atoms. The van der Waals surface area contributed by atoms with E-state index in [-0.39, 0.29) is 12.4 Å². The predicted molar refractivity (Wildman–Crippen MR) is 76.6 cm³/mol. The SMILES string of the molecule is CCOC(=O)Cc1oc2ccc(Br)cc2c1S(C)=O. The summed E-state index contributed by atoms with van der Waals surface area (Å²) in [6.45, 7) is 2.06. The van der Waals surface area contributed by atoms with Gasteiger partial charge >= 0.3 is 5.97 Å². The summed E-state index contributed by atoms with van der Waals surface area (Å²) in [6, 6.07) is 5.46. The topological polar surface area (TPSA) is 56.5 Å². The molecule has 6 heteroatoms. The van der Waals surface area contributed by atoms with Crippen LogP contribution < -0.4 is 0 Å². The van der Waals surface area contributed by atoms with E-state index in [0.717, 1.165) is 9.86 Å². The molecule has 19 heavy (non-hydrogen) atoms. The highest BCUT2D eigenvalue weighted by atomic mass is 79.9. The normalized spacial score (nSPS) is 12.6. The molecule has 1 atom stereocenters. The van der Waals surface area contributed by atoms with E-state index >= 15 is 0 Å². The second-order valence-corrected chi connectivity index (χ2v) is 6.16. The number of esters is 1. The monoisotopic (exact) mass is 344 g/mol. The first-order valence-corrected chi connectivity index (χ1v) is 8.08. The van der Waals surface area contributed by atoms with E-state index in [4.69, 9.17) is 9.15 Å². The molecule has 0 radical (unpaired) electrons. The molecule has 1 unspecified atom stereocenters. The molecule has 2 aromatic rings. The van der Waals surface area contributed by atoms with E-state index in [1.807, 2.05) is 12.1 Å². The van der Waals surface area contributed by atoms with Crippen LogP contribution in [0.15, 0.2) is 32.0 Å². The molecule has 0 aliphatic carbocycles. The zero-order valence-electron chi connectivity index (χ0n) is 10.6. The number of carbonyl (C=O) groups is 1. The van der Waals surface area contributed by atoms with Gasteiger partial charge in [0.1, 0.15) is 17.8 Å². The van der Waals surface area contributed by atoms with Gasteiger partial charge in [0.15, 0.2) is 0 Å². The summed E-state index contributed by atoms with van der Waals surface area (Å²) >= 11 is 3.37. The second kappa shape index (κ2) is 5.88. The zero-order valence-corrected chi connectivity index (χ0v) is 13.0. The fourth-order valence-corrected chi connectivity index (χ4v) is 3.14. The third-order valence-corrected chi connectivity index (χ3v) is 4.09. The number of benzene rings is 1. The fraction of sp³-hybridized carbons (Fsp3) is 0.308. The molecule has 0 fully saturated rings. The van der Waals surface area contributed by atoms with Crippen LogP contribution in [0.25, 0.3) is 11.0 Å². The average molecular weight is 345 g/mol. The molecule has 0 saturated heterocycles. The standard InChI is InChI=1S/C13H13BrO4S/c1-3-17-12(15)7-11-13(19(2)16)9-6-8(14)4-5-10(9)18-11/h4-6H,3,7H2,1-2H3. The molecule has 4 nitrogen and oxygen atoms in total. The lowest BCUT2D eigenvalue weighted by atomic mass is 10.2. The van der Waals surface area contributed by atoms with Crippen LogP contribution in [-0.4, -0.2) is 23.0 Å². The summed E-state index contributed by atoms with van der Waals surface area (Å²) < 4.78 is 23.3. The third kappa shape index (κ3) is 3.06. The molecule has 0 aliphatic heterocycles. The highest BCUT2D eigenvalue weighted by molar-refractivity contribution is 9.10. The summed E-state index contributed by atoms with van der Waals surface area (Å²) in [5.41, 5.74) is 0.618. The van der Waals surface area contributed by atoms with E-state index in [1.165, 1.54) is 0 Å². The molecule has 0 aliphatic rings. The van der Waals surface area contributed by atoms with E-state index in [9.17, 15) is 9.00 Å². The smallest absolute Gasteiger partial charge is 0.313 e. The lowest BCUT2D eigenvalue weighted by Gasteiger charge is -2.01. The molecule has 0 N–H and O–H groups in total. The fourth-order valence-electron chi connectivity index (χ4n) is 1.87. The Labute approximate surface area is 121 Å². The highest BCUT2D eigenvalue weighted by Crippen LogP contribution is 2.31. The summed E-state index contributed by atoms with van der Waals surface area (Å²) in [4.78, 5) is 12.1. The van der Waals surface area contributed by atoms with Gasteiger partial charge in [-0.15, -0.1) is 0 Å². The van der Waals surface area contributed by atoms with Crippen molar-refractivity contribution < 1.29 is 18.2 Å². The molecule has 1 aromatic carbocycles. The van der Waals surface area contributed by atoms with Crippen LogP contribution in [0.1, 0.15) is 12.7 Å². The van der Waals surface area contributed by atoms with Crippen molar-refractivity contribution in [2.75, 3.05) is 12.9 Å². The minimum atomic E-state index is -1.23. The first kappa shape index (κ1) is 14.3. The number of rotatable bonds is 4. The van der Waals surface area contributed by atoms with Crippen molar-refractivity contribution in [2.24, 2.45) is 0 Å². The van der Waals surface area contributed by atoms with E-state index in [2.05, 4.69) is 15.9 Å². The summed E-state index contributed by atoms with van der Waals surface area (Å²) in [6.07, 6.45) is 1.56. The van der Waals surface area contributed by atoms with Crippen LogP contribution in [0, 0.1) is 0 Å². The van der Waals surface area contributed by atoms with Crippen LogP contribution in [-0.2, 0) is 26.8 Å². The predicted octanol–water partition coefficient (Wildman–Crippen LogP) is 3.04. The van der Waals surface area contributed by atoms with Crippen molar-refractivity contribution in [1.29, 1.82) is 0 Å². The molecule has 0 bridgehead atoms. The van der Waals surface area contributed by atoms with Gasteiger partial charge in [-0.1, -0.05) is 15.9 Å². The summed E-state index contributed by atoms with van der Waals surface area (Å²) in [5.74, 6) is 0.0275. The number of halogens is 1. The Morgan fingerprint density at radius 3 is 2.84 bits per heavy atom. The van der Waals surface area contributed by atoms with Crippen molar-refractivity contribution in [1.82, 2.24) is 0 Å². The molecule has 1 aromatic heterocycles. The second-order valence-electron chi connectivity index (χ2n) is 3.93. The van der Waals surface area contributed by atoms with Crippen LogP contribution in [0.3, 0.4) is 0 Å². The minimum Gasteiger partial charge on any atom is -0.466 e. The van der Waals surface area contributed by atoms with E-state index in [1.54, 1.807) is 19.2 Å². The van der Waals surface area contributed by atoms with Crippen molar-refractivity contribution in [3.63, 3.8) is 0 Å². The maximum Gasteiger partial charge on any atom is 0.313 e. The average Bonchev–Trinajstić information content (AvgIpc) is 2.66. The quantitative estimate of drug-likeness (QED) is 0.800. The molecule has 102 valence electrons. The summed E-state index contributed by atoms with van der Waals surface area (Å²) in [7, 11) is -1.23. The number of hydrogen-bond acceptors (Lipinski definition) is 4. The van der Waals surface area contributed by atoms with Gasteiger partial charge in [-0.05, 0) is 25.1 Å². The molecular formula is C13H13BrO4S. The van der Waals surface area contributed by atoms with Gasteiger partial charge in [-0.25, -0.2) is 0 Å². The van der Waals surface area contributed by atoms with Gasteiger partial charge < -0.3 is 9.15 Å². The number of furan rings is 1. The molecular weight excluding hydrogens is 332 g/mol. The van der Waals surface area contributed by atoms with Gasteiger partial charge in [0.05, 0.1) is 22.3 Å². The highest BCUT2D eigenvalue weighted by Gasteiger charge is 2.20. The van der Waals surface area contributed by atoms with Crippen LogP contribution in [0.5, 0.6) is 0 Å². The Morgan fingerprint density at radius 2 is 2.21 bits per heavy atom. The summed E-state index contributed by atoms with van der Waals surface area (Å²) in [5, 5.41) is 0.759. The van der Waals surface area contributed by atoms with Crippen molar-refractivity contribution in [3.8, 4) is 0 Å². The molecule has 0 amide bonds. The van der Waals surface area contributed by atoms with Gasteiger partial charge in [-0.3, -0.25) is 9.00 Å². The van der Waals surface area contributed by atoms with E-state index in [0.29, 0.717) is 22.8 Å². The van der Waals surface area contributed by atoms with Crippen LogP contribution in [0.2, 0.25) is 0 Å². The Bertz CT molecular complexity index is 647. The van der Waals surface area contributed by atoms with Crippen molar-refractivity contribution >= 4 is 43.7 Å². The maximum absolute atomic E-state index is 11.9. The molecule has 0 saturated carbocycles. The first-order valence-electron chi connectivity index (χ1n) is 5.73. The van der Waals surface area contributed by atoms with Crippen molar-refractivity contribution in [2.45, 2.75) is 18.2 Å². The van der Waals surface area contributed by atoms with Gasteiger partial charge in [0.25, 0.3) is 0 Å². The van der Waals surface area contributed by atoms with Gasteiger partial charge in [0, 0.05) is 16.1 Å². The minimum absolute atomic E-state index is 0.00491. The number of ether oxygens (including phenoxy) is 1. The Hall–Kier alpha value is -1.14. The third-order valence-electron chi connectivity index (χ3n) is 2.57. The lowest BCUT2D eigenvalue weighted by Crippen LogP contribution is -2.08. The van der Waals surface area contributed by atoms with Gasteiger partial charge in [-0.2, -0.15) is 0 Å². The van der Waals surface area contributed by atoms with Crippen LogP contribution in [0.4, 0.5) is 0 Å². The number of carbonyl (C=O) groups excluding carboxylic acids is 1.